The van der Waals surface area contributed by atoms with Crippen LogP contribution in [0.4, 0.5) is 5.69 Å². The lowest BCUT2D eigenvalue weighted by atomic mass is 9.78. The molecule has 3 rings (SSSR count). The van der Waals surface area contributed by atoms with Gasteiger partial charge < -0.3 is 20.4 Å². The maximum atomic E-state index is 13.0. The van der Waals surface area contributed by atoms with Crippen molar-refractivity contribution in [3.8, 4) is 0 Å². The minimum Gasteiger partial charge on any atom is -0.393 e. The molecule has 7 nitrogen and oxygen atoms in total. The van der Waals surface area contributed by atoms with Gasteiger partial charge in [-0.25, -0.2) is 0 Å². The first kappa shape index (κ1) is 29.6. The van der Waals surface area contributed by atoms with Crippen molar-refractivity contribution in [3.63, 3.8) is 0 Å². The highest BCUT2D eigenvalue weighted by Crippen LogP contribution is 2.34. The van der Waals surface area contributed by atoms with Gasteiger partial charge in [0.25, 0.3) is 0 Å². The summed E-state index contributed by atoms with van der Waals surface area (Å²) >= 11 is 6.34. The molecule has 3 N–H and O–H groups in total. The van der Waals surface area contributed by atoms with Crippen molar-refractivity contribution < 1.29 is 19.8 Å². The number of benzene rings is 1. The lowest BCUT2D eigenvalue weighted by Gasteiger charge is -2.47. The zero-order chi connectivity index (χ0) is 27.4. The Hall–Kier alpha value is -1.93. The summed E-state index contributed by atoms with van der Waals surface area (Å²) in [6.07, 6.45) is 3.33. The molecule has 8 heteroatoms. The molecule has 1 saturated heterocycles. The summed E-state index contributed by atoms with van der Waals surface area (Å²) in [5.41, 5.74) is 0.573. The molecular weight excluding hydrogens is 490 g/mol. The van der Waals surface area contributed by atoms with Crippen LogP contribution in [-0.2, 0) is 9.59 Å². The van der Waals surface area contributed by atoms with Gasteiger partial charge in [0.2, 0.25) is 11.8 Å². The second-order valence-electron chi connectivity index (χ2n) is 11.5. The first-order valence-electron chi connectivity index (χ1n) is 13.6. The molecule has 1 aromatic rings. The van der Waals surface area contributed by atoms with E-state index in [0.29, 0.717) is 63.1 Å². The van der Waals surface area contributed by atoms with Gasteiger partial charge in [0, 0.05) is 30.6 Å². The van der Waals surface area contributed by atoms with E-state index in [4.69, 9.17) is 11.6 Å². The lowest BCUT2D eigenvalue weighted by molar-refractivity contribution is -0.127. The fraction of sp³-hybridized carbons (Fsp3) is 0.655. The van der Waals surface area contributed by atoms with Crippen molar-refractivity contribution in [3.05, 3.63) is 41.4 Å². The molecule has 0 radical (unpaired) electrons. The van der Waals surface area contributed by atoms with Crippen LogP contribution in [0.1, 0.15) is 72.6 Å². The van der Waals surface area contributed by atoms with Crippen molar-refractivity contribution in [1.82, 2.24) is 10.2 Å². The van der Waals surface area contributed by atoms with Crippen LogP contribution in [0.5, 0.6) is 0 Å². The number of hydrogen-bond acceptors (Lipinski definition) is 5. The van der Waals surface area contributed by atoms with Gasteiger partial charge in [-0.3, -0.25) is 14.5 Å². The molecule has 1 heterocycles. The Morgan fingerprint density at radius 2 is 2.00 bits per heavy atom. The molecule has 1 aliphatic heterocycles. The van der Waals surface area contributed by atoms with E-state index in [1.54, 1.807) is 11.0 Å². The number of rotatable bonds is 10. The zero-order valence-corrected chi connectivity index (χ0v) is 23.6. The van der Waals surface area contributed by atoms with Crippen LogP contribution in [0.25, 0.3) is 0 Å². The molecule has 206 valence electrons. The second kappa shape index (κ2) is 12.3. The monoisotopic (exact) mass is 533 g/mol. The molecular formula is C29H44ClN3O4. The average Bonchev–Trinajstić information content (AvgIpc) is 2.85. The largest absolute Gasteiger partial charge is 0.393 e. The van der Waals surface area contributed by atoms with Crippen molar-refractivity contribution in [2.45, 2.75) is 95.9 Å². The Balaban J connectivity index is 1.51. The lowest BCUT2D eigenvalue weighted by Crippen LogP contribution is -2.62. The Morgan fingerprint density at radius 3 is 2.62 bits per heavy atom. The molecule has 1 saturated carbocycles. The summed E-state index contributed by atoms with van der Waals surface area (Å²) in [7, 11) is 0. The number of halogens is 1. The number of hydrogen-bond donors (Lipinski definition) is 3. The maximum Gasteiger partial charge on any atom is 0.241 e. The van der Waals surface area contributed by atoms with Crippen LogP contribution >= 0.6 is 11.6 Å². The summed E-state index contributed by atoms with van der Waals surface area (Å²) in [4.78, 5) is 29.8. The first-order chi connectivity index (χ1) is 17.4. The van der Waals surface area contributed by atoms with Crippen molar-refractivity contribution >= 4 is 29.1 Å². The van der Waals surface area contributed by atoms with E-state index in [1.165, 1.54) is 0 Å². The predicted octanol–water partition coefficient (Wildman–Crippen LogP) is 4.30. The number of piperazine rings is 1. The van der Waals surface area contributed by atoms with Gasteiger partial charge in [-0.2, -0.15) is 0 Å². The topological polar surface area (TPSA) is 93.1 Å². The number of aliphatic hydroxyl groups excluding tert-OH is 1. The molecule has 2 amide bonds. The van der Waals surface area contributed by atoms with Gasteiger partial charge in [0.15, 0.2) is 0 Å². The number of amides is 2. The smallest absolute Gasteiger partial charge is 0.241 e. The average molecular weight is 534 g/mol. The summed E-state index contributed by atoms with van der Waals surface area (Å²) in [5.74, 6) is -0.393. The van der Waals surface area contributed by atoms with E-state index in [0.717, 1.165) is 11.3 Å². The van der Waals surface area contributed by atoms with E-state index in [9.17, 15) is 19.8 Å². The van der Waals surface area contributed by atoms with Crippen molar-refractivity contribution in [2.75, 3.05) is 24.5 Å². The van der Waals surface area contributed by atoms with Gasteiger partial charge in [-0.15, -0.1) is 0 Å². The van der Waals surface area contributed by atoms with Crippen LogP contribution in [-0.4, -0.2) is 69.8 Å². The third kappa shape index (κ3) is 7.34. The molecule has 37 heavy (non-hydrogen) atoms. The second-order valence-corrected chi connectivity index (χ2v) is 11.9. The zero-order valence-electron chi connectivity index (χ0n) is 22.8. The number of nitrogens with zero attached hydrogens (tertiary/aromatic N) is 2. The summed E-state index contributed by atoms with van der Waals surface area (Å²) in [6, 6.07) is 7.24. The highest BCUT2D eigenvalue weighted by atomic mass is 35.5. The Labute approximate surface area is 226 Å². The number of nitrogens with one attached hydrogen (secondary N) is 1. The Bertz CT molecular complexity index is 984. The van der Waals surface area contributed by atoms with Crippen molar-refractivity contribution in [2.24, 2.45) is 5.92 Å². The number of anilines is 1. The normalized spacial score (nSPS) is 26.1. The fourth-order valence-electron chi connectivity index (χ4n) is 5.54. The van der Waals surface area contributed by atoms with Gasteiger partial charge >= 0.3 is 0 Å². The standard InChI is InChI=1S/C29H44ClN3O4/c1-6-21(27(36)31-24-12-14-29(37,7-2)17-20(24)3)16-22(34)13-15-32-18-26(35)33(19-28(32,4)5)25-11-9-8-10-23(25)30/h8-11,21-22,24,34,37H,3,6-7,12-19H2,1-2,4-5H3,(H,31,36). The van der Waals surface area contributed by atoms with Crippen molar-refractivity contribution in [1.29, 1.82) is 0 Å². The Kier molecular flexibility index (Phi) is 9.84. The van der Waals surface area contributed by atoms with Crippen LogP contribution < -0.4 is 10.2 Å². The highest BCUT2D eigenvalue weighted by Gasteiger charge is 2.39. The van der Waals surface area contributed by atoms with Gasteiger partial charge in [-0.1, -0.05) is 49.7 Å². The quantitative estimate of drug-likeness (QED) is 0.390. The van der Waals surface area contributed by atoms with Crippen LogP contribution in [0.3, 0.4) is 0 Å². The first-order valence-corrected chi connectivity index (χ1v) is 14.0. The van der Waals surface area contributed by atoms with Gasteiger partial charge in [0.1, 0.15) is 0 Å². The molecule has 1 aliphatic carbocycles. The summed E-state index contributed by atoms with van der Waals surface area (Å²) < 4.78 is 0. The van der Waals surface area contributed by atoms with Crippen LogP contribution in [0, 0.1) is 5.92 Å². The summed E-state index contributed by atoms with van der Waals surface area (Å²) in [5, 5.41) is 25.0. The third-order valence-electron chi connectivity index (χ3n) is 8.25. The van der Waals surface area contributed by atoms with E-state index < -0.39 is 11.7 Å². The molecule has 0 aromatic heterocycles. The molecule has 0 spiro atoms. The minimum absolute atomic E-state index is 0.0181. The minimum atomic E-state index is -0.716. The number of para-hydroxylation sites is 1. The molecule has 1 aromatic carbocycles. The number of carbonyl (C=O) groups excluding carboxylic acids is 2. The third-order valence-corrected chi connectivity index (χ3v) is 8.57. The summed E-state index contributed by atoms with van der Waals surface area (Å²) in [6.45, 7) is 13.5. The SMILES string of the molecule is C=C1CC(O)(CC)CCC1NC(=O)C(CC)CC(O)CCN1CC(=O)N(c2ccccc2Cl)CC1(C)C. The molecule has 0 bridgehead atoms. The fourth-order valence-corrected chi connectivity index (χ4v) is 5.77. The highest BCUT2D eigenvalue weighted by molar-refractivity contribution is 6.33. The molecule has 4 unspecified atom stereocenters. The number of carbonyl (C=O) groups is 2. The molecule has 4 atom stereocenters. The number of aliphatic hydroxyl groups is 2. The maximum absolute atomic E-state index is 13.0. The van der Waals surface area contributed by atoms with Crippen LogP contribution in [0.15, 0.2) is 36.4 Å². The molecule has 2 fully saturated rings. The predicted molar refractivity (Wildman–Crippen MR) is 149 cm³/mol. The van der Waals surface area contributed by atoms with Gasteiger partial charge in [-0.05, 0) is 70.9 Å². The van der Waals surface area contributed by atoms with E-state index in [-0.39, 0.29) is 35.9 Å². The van der Waals surface area contributed by atoms with E-state index >= 15 is 0 Å². The van der Waals surface area contributed by atoms with Crippen LogP contribution in [0.2, 0.25) is 5.02 Å². The van der Waals surface area contributed by atoms with E-state index in [1.807, 2.05) is 32.0 Å². The molecule has 2 aliphatic rings. The van der Waals surface area contributed by atoms with Gasteiger partial charge in [0.05, 0.1) is 29.0 Å². The van der Waals surface area contributed by atoms with E-state index in [2.05, 4.69) is 30.6 Å². The Morgan fingerprint density at radius 1 is 1.30 bits per heavy atom.